The van der Waals surface area contributed by atoms with Crippen LogP contribution in [0.1, 0.15) is 11.3 Å². The maximum Gasteiger partial charge on any atom is 0.336 e. The molecule has 0 N–H and O–H groups in total. The van der Waals surface area contributed by atoms with Crippen LogP contribution in [0.2, 0.25) is 0 Å². The average molecular weight is 537 g/mol. The topological polar surface area (TPSA) is 71.0 Å². The van der Waals surface area contributed by atoms with Gasteiger partial charge in [0.05, 0.1) is 35.9 Å². The molecule has 0 fully saturated rings. The summed E-state index contributed by atoms with van der Waals surface area (Å²) >= 11 is 4.83. The van der Waals surface area contributed by atoms with Gasteiger partial charge < -0.3 is 9.30 Å². The molecular weight excluding hydrogens is 516 g/mol. The Hall–Kier alpha value is -3.43. The van der Waals surface area contributed by atoms with Gasteiger partial charge >= 0.3 is 5.69 Å². The van der Waals surface area contributed by atoms with Crippen LogP contribution in [-0.4, -0.2) is 25.8 Å². The van der Waals surface area contributed by atoms with E-state index in [4.69, 9.17) is 4.74 Å². The summed E-state index contributed by atoms with van der Waals surface area (Å²) in [6, 6.07) is 13.0. The number of benzene rings is 2. The number of hydrogen-bond acceptors (Lipinski definition) is 5. The molecule has 0 aliphatic heterocycles. The van der Waals surface area contributed by atoms with Gasteiger partial charge in [0.15, 0.2) is 0 Å². The van der Waals surface area contributed by atoms with Crippen molar-refractivity contribution in [3.63, 3.8) is 0 Å². The lowest BCUT2D eigenvalue weighted by Gasteiger charge is -2.11. The van der Waals surface area contributed by atoms with Crippen LogP contribution < -0.4 is 16.0 Å². The number of hydrogen-bond donors (Lipinski definition) is 0. The SMILES string of the molecule is COc1cc(-c2sc3c(c2C)c(=O)n(-c2ccc(Br)cc2)c(=O)n3C)ccc1-n1cnc(C)c1. The first-order chi connectivity index (χ1) is 16.3. The van der Waals surface area contributed by atoms with Gasteiger partial charge in [0.1, 0.15) is 10.6 Å². The molecule has 0 saturated heterocycles. The molecule has 0 radical (unpaired) electrons. The van der Waals surface area contributed by atoms with E-state index in [1.807, 2.05) is 54.9 Å². The van der Waals surface area contributed by atoms with Gasteiger partial charge in [-0.3, -0.25) is 9.36 Å². The molecular formula is C25H21BrN4O3S. The highest BCUT2D eigenvalue weighted by molar-refractivity contribution is 9.10. The predicted molar refractivity (Wildman–Crippen MR) is 139 cm³/mol. The van der Waals surface area contributed by atoms with Crippen LogP contribution in [0.25, 0.3) is 32.0 Å². The number of aryl methyl sites for hydroxylation is 3. The molecule has 172 valence electrons. The third-order valence-electron chi connectivity index (χ3n) is 5.84. The van der Waals surface area contributed by atoms with E-state index in [-0.39, 0.29) is 11.2 Å². The van der Waals surface area contributed by atoms with Crippen molar-refractivity contribution < 1.29 is 4.74 Å². The molecule has 7 nitrogen and oxygen atoms in total. The number of nitrogens with zero attached hydrogens (tertiary/aromatic N) is 4. The summed E-state index contributed by atoms with van der Waals surface area (Å²) in [7, 11) is 3.33. The average Bonchev–Trinajstić information content (AvgIpc) is 3.42. The first kappa shape index (κ1) is 22.4. The van der Waals surface area contributed by atoms with Crippen LogP contribution in [0, 0.1) is 13.8 Å². The molecule has 0 aliphatic rings. The van der Waals surface area contributed by atoms with Gasteiger partial charge in [0, 0.05) is 22.6 Å². The Morgan fingerprint density at radius 3 is 2.44 bits per heavy atom. The van der Waals surface area contributed by atoms with Gasteiger partial charge in [-0.1, -0.05) is 22.0 Å². The van der Waals surface area contributed by atoms with E-state index in [0.717, 1.165) is 31.9 Å². The summed E-state index contributed by atoms with van der Waals surface area (Å²) in [5, 5.41) is 0.540. The zero-order valence-electron chi connectivity index (χ0n) is 19.0. The summed E-state index contributed by atoms with van der Waals surface area (Å²) in [4.78, 5) is 32.5. The predicted octanol–water partition coefficient (Wildman–Crippen LogP) is 4.99. The van der Waals surface area contributed by atoms with Gasteiger partial charge in [0.2, 0.25) is 0 Å². The van der Waals surface area contributed by atoms with E-state index in [2.05, 4.69) is 20.9 Å². The van der Waals surface area contributed by atoms with Crippen molar-refractivity contribution in [1.82, 2.24) is 18.7 Å². The molecule has 0 spiro atoms. The third kappa shape index (κ3) is 3.52. The molecule has 9 heteroatoms. The number of rotatable bonds is 4. The number of imidazole rings is 1. The van der Waals surface area contributed by atoms with Crippen LogP contribution >= 0.6 is 27.3 Å². The van der Waals surface area contributed by atoms with E-state index < -0.39 is 0 Å². The zero-order valence-corrected chi connectivity index (χ0v) is 21.4. The second-order valence-corrected chi connectivity index (χ2v) is 9.92. The van der Waals surface area contributed by atoms with Crippen molar-refractivity contribution in [1.29, 1.82) is 0 Å². The lowest BCUT2D eigenvalue weighted by atomic mass is 10.1. The van der Waals surface area contributed by atoms with Crippen LogP contribution in [0.5, 0.6) is 5.75 Å². The van der Waals surface area contributed by atoms with Crippen molar-refractivity contribution in [2.24, 2.45) is 7.05 Å². The monoisotopic (exact) mass is 536 g/mol. The summed E-state index contributed by atoms with van der Waals surface area (Å²) < 4.78 is 11.2. The van der Waals surface area contributed by atoms with Crippen molar-refractivity contribution in [2.45, 2.75) is 13.8 Å². The summed E-state index contributed by atoms with van der Waals surface area (Å²) in [6.07, 6.45) is 3.68. The normalized spacial score (nSPS) is 11.3. The minimum absolute atomic E-state index is 0.321. The maximum atomic E-state index is 13.5. The fraction of sp³-hybridized carbons (Fsp3) is 0.160. The molecule has 0 unspecified atom stereocenters. The largest absolute Gasteiger partial charge is 0.495 e. The standard InChI is InChI=1S/C25H21BrN4O3S/c1-14-12-29(13-27-14)19-10-5-16(11-20(19)33-4)22-15(2)21-23(31)30(18-8-6-17(26)7-9-18)25(32)28(3)24(21)34-22/h5-13H,1-4H3. The van der Waals surface area contributed by atoms with Crippen LogP contribution in [0.4, 0.5) is 0 Å². The van der Waals surface area contributed by atoms with Crippen LogP contribution in [0.15, 0.2) is 69.1 Å². The van der Waals surface area contributed by atoms with Crippen LogP contribution in [0.3, 0.4) is 0 Å². The van der Waals surface area contributed by atoms with E-state index in [0.29, 0.717) is 21.7 Å². The molecule has 0 atom stereocenters. The van der Waals surface area contributed by atoms with Gasteiger partial charge in [-0.2, -0.15) is 0 Å². The third-order valence-corrected chi connectivity index (χ3v) is 7.79. The Morgan fingerprint density at radius 1 is 1.06 bits per heavy atom. The Kier molecular flexibility index (Phi) is 5.53. The molecule has 0 amide bonds. The molecule has 2 aromatic carbocycles. The molecule has 0 bridgehead atoms. The Balaban J connectivity index is 1.72. The number of ether oxygens (including phenoxy) is 1. The van der Waals surface area contributed by atoms with Crippen molar-refractivity contribution >= 4 is 37.5 Å². The minimum Gasteiger partial charge on any atom is -0.495 e. The summed E-state index contributed by atoms with van der Waals surface area (Å²) in [5.74, 6) is 0.688. The van der Waals surface area contributed by atoms with E-state index in [1.165, 1.54) is 15.9 Å². The van der Waals surface area contributed by atoms with Gasteiger partial charge in [-0.15, -0.1) is 11.3 Å². The Labute approximate surface area is 207 Å². The minimum atomic E-state index is -0.379. The molecule has 5 rings (SSSR count). The Morgan fingerprint density at radius 2 is 1.79 bits per heavy atom. The summed E-state index contributed by atoms with van der Waals surface area (Å²) in [5.41, 5.74) is 3.36. The van der Waals surface area contributed by atoms with Gasteiger partial charge in [0.25, 0.3) is 5.56 Å². The van der Waals surface area contributed by atoms with Crippen LogP contribution in [-0.2, 0) is 7.05 Å². The van der Waals surface area contributed by atoms with E-state index in [9.17, 15) is 9.59 Å². The lowest BCUT2D eigenvalue weighted by molar-refractivity contribution is 0.413. The van der Waals surface area contributed by atoms with Crippen molar-refractivity contribution in [3.8, 4) is 27.6 Å². The van der Waals surface area contributed by atoms with E-state index in [1.54, 1.807) is 37.2 Å². The second kappa shape index (κ2) is 8.41. The molecule has 5 aromatic rings. The Bertz CT molecular complexity index is 1680. The molecule has 3 aromatic heterocycles. The van der Waals surface area contributed by atoms with Crippen molar-refractivity contribution in [2.75, 3.05) is 7.11 Å². The smallest absolute Gasteiger partial charge is 0.336 e. The quantitative estimate of drug-likeness (QED) is 0.324. The fourth-order valence-electron chi connectivity index (χ4n) is 4.10. The highest BCUT2D eigenvalue weighted by Gasteiger charge is 2.21. The van der Waals surface area contributed by atoms with Crippen molar-refractivity contribution in [3.05, 3.63) is 91.6 Å². The number of fused-ring (bicyclic) bond motifs is 1. The first-order valence-electron chi connectivity index (χ1n) is 10.5. The highest BCUT2D eigenvalue weighted by atomic mass is 79.9. The highest BCUT2D eigenvalue weighted by Crippen LogP contribution is 2.39. The second-order valence-electron chi connectivity index (χ2n) is 8.00. The molecule has 34 heavy (non-hydrogen) atoms. The summed E-state index contributed by atoms with van der Waals surface area (Å²) in [6.45, 7) is 3.86. The number of methoxy groups -OCH3 is 1. The van der Waals surface area contributed by atoms with E-state index >= 15 is 0 Å². The number of aromatic nitrogens is 4. The molecule has 0 saturated carbocycles. The van der Waals surface area contributed by atoms with Gasteiger partial charge in [-0.25, -0.2) is 14.3 Å². The number of halogens is 1. The zero-order chi connectivity index (χ0) is 24.1. The number of thiophene rings is 1. The molecule has 3 heterocycles. The van der Waals surface area contributed by atoms with Gasteiger partial charge in [-0.05, 0) is 61.4 Å². The lowest BCUT2D eigenvalue weighted by Crippen LogP contribution is -2.37. The fourth-order valence-corrected chi connectivity index (χ4v) is 5.62. The molecule has 0 aliphatic carbocycles. The first-order valence-corrected chi connectivity index (χ1v) is 12.1. The maximum absolute atomic E-state index is 13.5.